The summed E-state index contributed by atoms with van der Waals surface area (Å²) in [6.45, 7) is 5.53. The number of carbonyl (C=O) groups is 1. The van der Waals surface area contributed by atoms with Crippen molar-refractivity contribution in [3.8, 4) is 0 Å². The smallest absolute Gasteiger partial charge is 0.282 e. The molecule has 10 heteroatoms. The molecule has 0 radical (unpaired) electrons. The van der Waals surface area contributed by atoms with Crippen LogP contribution in [-0.2, 0) is 14.8 Å². The third-order valence-electron chi connectivity index (χ3n) is 4.12. The Morgan fingerprint density at radius 2 is 1.80 bits per heavy atom. The van der Waals surface area contributed by atoms with Gasteiger partial charge in [0.25, 0.3) is 21.6 Å². The van der Waals surface area contributed by atoms with Gasteiger partial charge in [-0.25, -0.2) is 0 Å². The molecule has 1 saturated heterocycles. The molecule has 1 amide bonds. The predicted octanol–water partition coefficient (Wildman–Crippen LogP) is 3.75. The van der Waals surface area contributed by atoms with Crippen LogP contribution in [0.3, 0.4) is 0 Å². The highest BCUT2D eigenvalue weighted by molar-refractivity contribution is 8.19. The number of aryl methyl sites for hydroxylation is 1. The molecular weight excluding hydrogens is 426 g/mol. The zero-order valence-corrected chi connectivity index (χ0v) is 17.5. The fourth-order valence-electron chi connectivity index (χ4n) is 2.58. The van der Waals surface area contributed by atoms with Gasteiger partial charge in [-0.1, -0.05) is 23.8 Å². The van der Waals surface area contributed by atoms with Crippen molar-refractivity contribution < 1.29 is 18.1 Å². The highest BCUT2D eigenvalue weighted by Gasteiger charge is 2.34. The van der Waals surface area contributed by atoms with Gasteiger partial charge in [0.1, 0.15) is 0 Å². The molecule has 0 unspecified atom stereocenters. The maximum absolute atomic E-state index is 12.8. The normalized spacial score (nSPS) is 17.0. The predicted molar refractivity (Wildman–Crippen MR) is 116 cm³/mol. The Kier molecular flexibility index (Phi) is 6.18. The van der Waals surface area contributed by atoms with E-state index in [2.05, 4.69) is 11.0 Å². The van der Waals surface area contributed by atoms with Crippen molar-refractivity contribution >= 4 is 44.6 Å². The summed E-state index contributed by atoms with van der Waals surface area (Å²) in [5.74, 6) is -0.420. The molecule has 1 heterocycles. The van der Waals surface area contributed by atoms with Gasteiger partial charge in [-0.3, -0.25) is 19.8 Å². The van der Waals surface area contributed by atoms with Gasteiger partial charge in [-0.05, 0) is 54.6 Å². The first-order valence-electron chi connectivity index (χ1n) is 8.69. The molecule has 30 heavy (non-hydrogen) atoms. The maximum atomic E-state index is 12.8. The number of sulfonamides is 1. The number of hydrogen-bond donors (Lipinski definition) is 0. The topological polar surface area (TPSA) is 110 Å². The van der Waals surface area contributed by atoms with Crippen LogP contribution in [-0.4, -0.2) is 35.9 Å². The summed E-state index contributed by atoms with van der Waals surface area (Å²) in [6, 6.07) is 11.9. The van der Waals surface area contributed by atoms with Gasteiger partial charge < -0.3 is 0 Å². The van der Waals surface area contributed by atoms with Crippen LogP contribution in [0.4, 0.5) is 5.69 Å². The molecule has 3 rings (SSSR count). The van der Waals surface area contributed by atoms with Gasteiger partial charge in [-0.15, -0.1) is 11.0 Å². The first kappa shape index (κ1) is 21.5. The van der Waals surface area contributed by atoms with Crippen molar-refractivity contribution in [3.63, 3.8) is 0 Å². The van der Waals surface area contributed by atoms with Gasteiger partial charge in [-0.2, -0.15) is 8.42 Å². The van der Waals surface area contributed by atoms with Crippen LogP contribution in [0.1, 0.15) is 11.1 Å². The summed E-state index contributed by atoms with van der Waals surface area (Å²) in [5, 5.41) is 10.8. The molecule has 0 spiro atoms. The number of non-ortho nitro benzene ring substituents is 1. The third kappa shape index (κ3) is 4.66. The minimum absolute atomic E-state index is 0.0219. The number of hydrogen-bond acceptors (Lipinski definition) is 6. The van der Waals surface area contributed by atoms with E-state index in [0.29, 0.717) is 5.56 Å². The Labute approximate surface area is 177 Å². The fourth-order valence-corrected chi connectivity index (χ4v) is 4.77. The van der Waals surface area contributed by atoms with E-state index >= 15 is 0 Å². The second-order valence-electron chi connectivity index (χ2n) is 6.33. The lowest BCUT2D eigenvalue weighted by atomic mass is 10.2. The Morgan fingerprint density at radius 1 is 1.17 bits per heavy atom. The summed E-state index contributed by atoms with van der Waals surface area (Å²) < 4.78 is 29.2. The minimum atomic E-state index is -4.01. The standard InChI is InChI=1S/C20H17N3O5S2/c1-3-12-22-19(24)18(13-15-6-8-16(9-7-15)23(25)26)29-20(22)21-30(27,28)17-10-4-14(2)5-11-17/h3-11,13H,1,12H2,2H3. The zero-order chi connectivity index (χ0) is 21.9. The number of benzene rings is 2. The number of amidine groups is 1. The number of nitrogens with zero attached hydrogens (tertiary/aromatic N) is 3. The fraction of sp³-hybridized carbons (Fsp3) is 0.100. The number of carbonyl (C=O) groups excluding carboxylic acids is 1. The number of thioether (sulfide) groups is 1. The molecule has 1 fully saturated rings. The highest BCUT2D eigenvalue weighted by atomic mass is 32.2. The molecule has 0 bridgehead atoms. The third-order valence-corrected chi connectivity index (χ3v) is 6.52. The van der Waals surface area contributed by atoms with E-state index in [4.69, 9.17) is 0 Å². The average Bonchev–Trinajstić information content (AvgIpc) is 2.97. The first-order chi connectivity index (χ1) is 14.2. The molecule has 8 nitrogen and oxygen atoms in total. The Morgan fingerprint density at radius 3 is 2.37 bits per heavy atom. The van der Waals surface area contributed by atoms with Crippen molar-refractivity contribution in [1.29, 1.82) is 0 Å². The van der Waals surface area contributed by atoms with E-state index in [1.54, 1.807) is 12.1 Å². The number of rotatable bonds is 6. The molecule has 0 atom stereocenters. The van der Waals surface area contributed by atoms with Crippen LogP contribution in [0.5, 0.6) is 0 Å². The minimum Gasteiger partial charge on any atom is -0.282 e. The number of nitro groups is 1. The van der Waals surface area contributed by atoms with Crippen LogP contribution in [0.15, 0.2) is 75.4 Å². The monoisotopic (exact) mass is 443 g/mol. The number of nitro benzene ring substituents is 1. The Balaban J connectivity index is 1.96. The summed E-state index contributed by atoms with van der Waals surface area (Å²) in [5.41, 5.74) is 1.41. The van der Waals surface area contributed by atoms with Crippen molar-refractivity contribution in [2.45, 2.75) is 11.8 Å². The lowest BCUT2D eigenvalue weighted by molar-refractivity contribution is -0.384. The summed E-state index contributed by atoms with van der Waals surface area (Å²) in [7, 11) is -4.01. The van der Waals surface area contributed by atoms with Crippen LogP contribution in [0.2, 0.25) is 0 Å². The van der Waals surface area contributed by atoms with Crippen LogP contribution >= 0.6 is 11.8 Å². The Bertz CT molecular complexity index is 1170. The van der Waals surface area contributed by atoms with Gasteiger partial charge >= 0.3 is 0 Å². The largest absolute Gasteiger partial charge is 0.284 e. The van der Waals surface area contributed by atoms with E-state index in [1.165, 1.54) is 53.5 Å². The van der Waals surface area contributed by atoms with Crippen LogP contribution < -0.4 is 0 Å². The van der Waals surface area contributed by atoms with E-state index in [-0.39, 0.29) is 27.2 Å². The highest BCUT2D eigenvalue weighted by Crippen LogP contribution is 2.34. The van der Waals surface area contributed by atoms with Crippen molar-refractivity contribution in [2.24, 2.45) is 4.40 Å². The molecular formula is C20H17N3O5S2. The lowest BCUT2D eigenvalue weighted by Crippen LogP contribution is -2.29. The van der Waals surface area contributed by atoms with Crippen LogP contribution in [0.25, 0.3) is 6.08 Å². The average molecular weight is 444 g/mol. The van der Waals surface area contributed by atoms with E-state index in [0.717, 1.165) is 17.3 Å². The van der Waals surface area contributed by atoms with Gasteiger partial charge in [0.05, 0.1) is 14.7 Å². The SMILES string of the molecule is C=CCN1C(=O)C(=Cc2ccc([N+](=O)[O-])cc2)SC1=NS(=O)(=O)c1ccc(C)cc1. The van der Waals surface area contributed by atoms with E-state index in [1.807, 2.05) is 6.92 Å². The molecule has 0 saturated carbocycles. The van der Waals surface area contributed by atoms with Crippen molar-refractivity contribution in [1.82, 2.24) is 4.90 Å². The maximum Gasteiger partial charge on any atom is 0.284 e. The van der Waals surface area contributed by atoms with E-state index < -0.39 is 20.9 Å². The van der Waals surface area contributed by atoms with Gasteiger partial charge in [0, 0.05) is 18.7 Å². The lowest BCUT2D eigenvalue weighted by Gasteiger charge is -2.12. The summed E-state index contributed by atoms with van der Waals surface area (Å²) in [6.07, 6.45) is 3.01. The second kappa shape index (κ2) is 8.64. The zero-order valence-electron chi connectivity index (χ0n) is 15.9. The molecule has 154 valence electrons. The molecule has 2 aromatic carbocycles. The first-order valence-corrected chi connectivity index (χ1v) is 11.0. The van der Waals surface area contributed by atoms with E-state index in [9.17, 15) is 23.3 Å². The van der Waals surface area contributed by atoms with Crippen molar-refractivity contribution in [2.75, 3.05) is 6.54 Å². The Hall–Kier alpha value is -3.24. The van der Waals surface area contributed by atoms with Gasteiger partial charge in [0.15, 0.2) is 5.17 Å². The van der Waals surface area contributed by atoms with Gasteiger partial charge in [0.2, 0.25) is 0 Å². The molecule has 0 N–H and O–H groups in total. The molecule has 1 aliphatic heterocycles. The summed E-state index contributed by atoms with van der Waals surface area (Å²) in [4.78, 5) is 24.5. The molecule has 0 aliphatic carbocycles. The molecule has 1 aliphatic rings. The van der Waals surface area contributed by atoms with Crippen LogP contribution in [0, 0.1) is 17.0 Å². The summed E-state index contributed by atoms with van der Waals surface area (Å²) >= 11 is 0.924. The molecule has 0 aromatic heterocycles. The molecule has 2 aromatic rings. The quantitative estimate of drug-likeness (QED) is 0.291. The van der Waals surface area contributed by atoms with Crippen molar-refractivity contribution in [3.05, 3.63) is 87.3 Å². The second-order valence-corrected chi connectivity index (χ2v) is 8.94. The number of amides is 1.